The summed E-state index contributed by atoms with van der Waals surface area (Å²) in [6.07, 6.45) is 0. The van der Waals surface area contributed by atoms with Crippen molar-refractivity contribution in [3.05, 3.63) is 59.0 Å². The fourth-order valence-corrected chi connectivity index (χ4v) is 3.55. The lowest BCUT2D eigenvalue weighted by molar-refractivity contribution is -0.135. The standard InChI is InChI=1S/C23H29N5O5/c1-5-27(6-2)13-17-11-12-18(33-17)20(30)26-25-19(29)14-28-21(31)23(4,24-22(28)32)16-9-7-15(3)8-10-16/h7-12H,5-6,13-14H2,1-4H3,(H,24,32)(H,25,29)(H,26,30). The van der Waals surface area contributed by atoms with Gasteiger partial charge < -0.3 is 9.73 Å². The molecule has 0 radical (unpaired) electrons. The van der Waals surface area contributed by atoms with Crippen molar-refractivity contribution < 1.29 is 23.6 Å². The summed E-state index contributed by atoms with van der Waals surface area (Å²) in [5.74, 6) is -1.25. The summed E-state index contributed by atoms with van der Waals surface area (Å²) in [6, 6.07) is 9.74. The van der Waals surface area contributed by atoms with Crippen LogP contribution in [-0.2, 0) is 21.7 Å². The van der Waals surface area contributed by atoms with Crippen LogP contribution < -0.4 is 16.2 Å². The molecular weight excluding hydrogens is 426 g/mol. The number of benzene rings is 1. The number of carbonyl (C=O) groups is 4. The third-order valence-electron chi connectivity index (χ3n) is 5.68. The SMILES string of the molecule is CCN(CC)Cc1ccc(C(=O)NNC(=O)CN2C(=O)NC(C)(c3ccc(C)cc3)C2=O)o1. The lowest BCUT2D eigenvalue weighted by Gasteiger charge is -2.22. The van der Waals surface area contributed by atoms with Crippen molar-refractivity contribution in [3.8, 4) is 0 Å². The molecule has 1 saturated heterocycles. The van der Waals surface area contributed by atoms with Crippen LogP contribution in [0.3, 0.4) is 0 Å². The monoisotopic (exact) mass is 455 g/mol. The average Bonchev–Trinajstić information content (AvgIpc) is 3.35. The maximum absolute atomic E-state index is 12.9. The van der Waals surface area contributed by atoms with Crippen molar-refractivity contribution in [1.29, 1.82) is 0 Å². The number of imide groups is 1. The normalized spacial score (nSPS) is 17.9. The van der Waals surface area contributed by atoms with E-state index in [0.29, 0.717) is 17.9 Å². The first-order valence-corrected chi connectivity index (χ1v) is 10.8. The van der Waals surface area contributed by atoms with Gasteiger partial charge in [0.05, 0.1) is 6.54 Å². The van der Waals surface area contributed by atoms with Crippen LogP contribution >= 0.6 is 0 Å². The second kappa shape index (κ2) is 9.86. The molecule has 1 aromatic heterocycles. The van der Waals surface area contributed by atoms with Crippen molar-refractivity contribution in [2.75, 3.05) is 19.6 Å². The van der Waals surface area contributed by atoms with E-state index in [2.05, 4.69) is 21.1 Å². The number of nitrogens with one attached hydrogen (secondary N) is 3. The zero-order chi connectivity index (χ0) is 24.2. The number of hydrazine groups is 1. The Hall–Kier alpha value is -3.66. The van der Waals surface area contributed by atoms with Gasteiger partial charge in [-0.25, -0.2) is 4.79 Å². The van der Waals surface area contributed by atoms with Crippen LogP contribution in [0, 0.1) is 6.92 Å². The third kappa shape index (κ3) is 5.23. The number of aryl methyl sites for hydroxylation is 1. The van der Waals surface area contributed by atoms with Gasteiger partial charge in [0, 0.05) is 0 Å². The van der Waals surface area contributed by atoms with Gasteiger partial charge >= 0.3 is 11.9 Å². The Morgan fingerprint density at radius 2 is 1.73 bits per heavy atom. The average molecular weight is 456 g/mol. The number of urea groups is 1. The molecule has 3 N–H and O–H groups in total. The third-order valence-corrected chi connectivity index (χ3v) is 5.68. The number of nitrogens with zero attached hydrogens (tertiary/aromatic N) is 2. The molecule has 10 heteroatoms. The van der Waals surface area contributed by atoms with E-state index in [1.54, 1.807) is 25.1 Å². The number of carbonyl (C=O) groups excluding carboxylic acids is 4. The lowest BCUT2D eigenvalue weighted by Crippen LogP contribution is -2.48. The van der Waals surface area contributed by atoms with E-state index in [-0.39, 0.29) is 5.76 Å². The highest BCUT2D eigenvalue weighted by molar-refractivity contribution is 6.09. The van der Waals surface area contributed by atoms with Crippen molar-refractivity contribution in [3.63, 3.8) is 0 Å². The first-order chi connectivity index (χ1) is 15.7. The van der Waals surface area contributed by atoms with Gasteiger partial charge in [-0.15, -0.1) is 0 Å². The van der Waals surface area contributed by atoms with Gasteiger partial charge in [0.15, 0.2) is 5.76 Å². The maximum atomic E-state index is 12.9. The number of furan rings is 1. The molecule has 1 aliphatic heterocycles. The van der Waals surface area contributed by atoms with E-state index >= 15 is 0 Å². The van der Waals surface area contributed by atoms with Gasteiger partial charge in [-0.05, 0) is 44.6 Å². The minimum Gasteiger partial charge on any atom is -0.454 e. The molecule has 0 saturated carbocycles. The molecule has 5 amide bonds. The molecule has 2 heterocycles. The zero-order valence-electron chi connectivity index (χ0n) is 19.2. The number of amides is 5. The van der Waals surface area contributed by atoms with Gasteiger partial charge in [-0.1, -0.05) is 43.7 Å². The second-order valence-corrected chi connectivity index (χ2v) is 8.04. The Balaban J connectivity index is 1.56. The van der Waals surface area contributed by atoms with Crippen molar-refractivity contribution >= 4 is 23.8 Å². The summed E-state index contributed by atoms with van der Waals surface area (Å²) in [5, 5.41) is 2.64. The molecule has 0 aliphatic carbocycles. The Labute approximate surface area is 192 Å². The summed E-state index contributed by atoms with van der Waals surface area (Å²) < 4.78 is 5.53. The quantitative estimate of drug-likeness (QED) is 0.411. The molecule has 1 fully saturated rings. The smallest absolute Gasteiger partial charge is 0.325 e. The molecule has 3 rings (SSSR count). The van der Waals surface area contributed by atoms with Crippen LogP contribution in [-0.4, -0.2) is 53.2 Å². The fourth-order valence-electron chi connectivity index (χ4n) is 3.55. The Bertz CT molecular complexity index is 1040. The van der Waals surface area contributed by atoms with Crippen LogP contribution in [0.15, 0.2) is 40.8 Å². The molecule has 1 aromatic carbocycles. The summed E-state index contributed by atoms with van der Waals surface area (Å²) in [4.78, 5) is 52.8. The van der Waals surface area contributed by atoms with E-state index in [1.165, 1.54) is 6.07 Å². The predicted octanol–water partition coefficient (Wildman–Crippen LogP) is 1.66. The zero-order valence-corrected chi connectivity index (χ0v) is 19.2. The maximum Gasteiger partial charge on any atom is 0.325 e. The van der Waals surface area contributed by atoms with Crippen LogP contribution in [0.5, 0.6) is 0 Å². The molecule has 1 unspecified atom stereocenters. The van der Waals surface area contributed by atoms with Crippen molar-refractivity contribution in [2.24, 2.45) is 0 Å². The second-order valence-electron chi connectivity index (χ2n) is 8.04. The minimum atomic E-state index is -1.27. The van der Waals surface area contributed by atoms with Gasteiger partial charge in [-0.2, -0.15) is 0 Å². The van der Waals surface area contributed by atoms with E-state index in [0.717, 1.165) is 23.6 Å². The number of hydrogen-bond acceptors (Lipinski definition) is 6. The minimum absolute atomic E-state index is 0.0411. The molecule has 0 bridgehead atoms. The van der Waals surface area contributed by atoms with E-state index in [9.17, 15) is 19.2 Å². The number of hydrogen-bond donors (Lipinski definition) is 3. The van der Waals surface area contributed by atoms with Crippen LogP contribution in [0.4, 0.5) is 4.79 Å². The Morgan fingerprint density at radius 3 is 2.36 bits per heavy atom. The van der Waals surface area contributed by atoms with E-state index < -0.39 is 35.8 Å². The summed E-state index contributed by atoms with van der Waals surface area (Å²) >= 11 is 0. The fraction of sp³-hybridized carbons (Fsp3) is 0.391. The highest BCUT2D eigenvalue weighted by atomic mass is 16.4. The van der Waals surface area contributed by atoms with Gasteiger partial charge in [0.2, 0.25) is 0 Å². The largest absolute Gasteiger partial charge is 0.454 e. The molecule has 10 nitrogen and oxygen atoms in total. The lowest BCUT2D eigenvalue weighted by atomic mass is 9.91. The molecule has 176 valence electrons. The van der Waals surface area contributed by atoms with Crippen LogP contribution in [0.2, 0.25) is 0 Å². The topological polar surface area (TPSA) is 124 Å². The van der Waals surface area contributed by atoms with Crippen molar-refractivity contribution in [2.45, 2.75) is 39.8 Å². The first-order valence-electron chi connectivity index (χ1n) is 10.8. The summed E-state index contributed by atoms with van der Waals surface area (Å²) in [7, 11) is 0. The molecule has 1 atom stereocenters. The highest BCUT2D eigenvalue weighted by Crippen LogP contribution is 2.28. The molecule has 0 spiro atoms. The van der Waals surface area contributed by atoms with Crippen molar-refractivity contribution in [1.82, 2.24) is 26.0 Å². The van der Waals surface area contributed by atoms with Gasteiger partial charge in [0.1, 0.15) is 17.8 Å². The molecular formula is C23H29N5O5. The predicted molar refractivity (Wildman–Crippen MR) is 120 cm³/mol. The van der Waals surface area contributed by atoms with Gasteiger partial charge in [-0.3, -0.25) is 35.0 Å². The highest BCUT2D eigenvalue weighted by Gasteiger charge is 2.49. The Kier molecular flexibility index (Phi) is 7.17. The van der Waals surface area contributed by atoms with Crippen LogP contribution in [0.1, 0.15) is 48.2 Å². The van der Waals surface area contributed by atoms with E-state index in [4.69, 9.17) is 4.42 Å². The molecule has 1 aliphatic rings. The molecule has 2 aromatic rings. The number of rotatable bonds is 8. The van der Waals surface area contributed by atoms with Crippen LogP contribution in [0.25, 0.3) is 0 Å². The van der Waals surface area contributed by atoms with Gasteiger partial charge in [0.25, 0.3) is 11.8 Å². The first kappa shape index (κ1) is 24.0. The van der Waals surface area contributed by atoms with E-state index in [1.807, 2.05) is 32.9 Å². The Morgan fingerprint density at radius 1 is 1.06 bits per heavy atom. The summed E-state index contributed by atoms with van der Waals surface area (Å²) in [5.41, 5.74) is 4.81. The molecule has 33 heavy (non-hydrogen) atoms. The summed E-state index contributed by atoms with van der Waals surface area (Å²) in [6.45, 7) is 9.29.